The normalized spacial score (nSPS) is 25.4. The Balaban J connectivity index is 2.76. The van der Waals surface area contributed by atoms with E-state index in [-0.39, 0.29) is 5.04 Å². The quantitative estimate of drug-likeness (QED) is 0.572. The molecule has 98 valence electrons. The number of hydrogen-bond acceptors (Lipinski definition) is 1. The van der Waals surface area contributed by atoms with Crippen LogP contribution in [-0.2, 0) is 0 Å². The van der Waals surface area contributed by atoms with Crippen molar-refractivity contribution in [1.82, 2.24) is 0 Å². The second-order valence-electron chi connectivity index (χ2n) is 6.65. The Morgan fingerprint density at radius 2 is 2.00 bits per heavy atom. The second-order valence-corrected chi connectivity index (χ2v) is 11.1. The zero-order valence-corrected chi connectivity index (χ0v) is 13.1. The van der Waals surface area contributed by atoms with Crippen LogP contribution in [0.3, 0.4) is 0 Å². The summed E-state index contributed by atoms with van der Waals surface area (Å²) in [4.78, 5) is 10.4. The van der Waals surface area contributed by atoms with Gasteiger partial charge in [-0.25, -0.2) is 0 Å². The van der Waals surface area contributed by atoms with E-state index in [9.17, 15) is 4.80 Å². The van der Waals surface area contributed by atoms with Crippen molar-refractivity contribution in [3.8, 4) is 0 Å². The van der Waals surface area contributed by atoms with Gasteiger partial charge in [0.15, 0.2) is 8.32 Å². The molecule has 0 aromatic heterocycles. The molecule has 0 spiro atoms. The lowest BCUT2D eigenvalue weighted by Gasteiger charge is -2.40. The van der Waals surface area contributed by atoms with E-state index < -0.39 is 8.32 Å². The fourth-order valence-corrected chi connectivity index (χ4v) is 3.18. The fraction of sp³-hybridized carbons (Fsp3) is 0.733. The Morgan fingerprint density at radius 3 is 2.47 bits per heavy atom. The molecule has 0 aromatic rings. The maximum absolute atomic E-state index is 10.4. The first kappa shape index (κ1) is 14.7. The van der Waals surface area contributed by atoms with Crippen LogP contribution in [0.2, 0.25) is 18.1 Å². The van der Waals surface area contributed by atoms with Crippen LogP contribution >= 0.6 is 0 Å². The van der Waals surface area contributed by atoms with Crippen LogP contribution in [0.15, 0.2) is 23.8 Å². The van der Waals surface area contributed by atoms with Crippen LogP contribution < -0.4 is 0 Å². The second kappa shape index (κ2) is 5.11. The lowest BCUT2D eigenvalue weighted by molar-refractivity contribution is 0.383. The molecular weight excluding hydrogens is 224 g/mol. The highest BCUT2D eigenvalue weighted by Gasteiger charge is 2.40. The fourth-order valence-electron chi connectivity index (χ4n) is 2.43. The van der Waals surface area contributed by atoms with Gasteiger partial charge in [-0.1, -0.05) is 37.6 Å². The predicted octanol–water partition coefficient (Wildman–Crippen LogP) is 4.66. The molecule has 1 aliphatic carbocycles. The summed E-state index contributed by atoms with van der Waals surface area (Å²) in [6.45, 7) is 14.9. The molecule has 0 radical (unpaired) electrons. The summed E-state index contributed by atoms with van der Waals surface area (Å²) >= 11 is 0. The Kier molecular flexibility index (Phi) is 4.42. The van der Waals surface area contributed by atoms with Gasteiger partial charge in [0.05, 0.1) is 0 Å². The summed E-state index contributed by atoms with van der Waals surface area (Å²) in [5.74, 6) is 0.573. The van der Waals surface area contributed by atoms with Crippen LogP contribution in [0.4, 0.5) is 0 Å². The summed E-state index contributed by atoms with van der Waals surface area (Å²) in [5.41, 5.74) is 2.96. The topological polar surface area (TPSA) is 20.2 Å². The van der Waals surface area contributed by atoms with Gasteiger partial charge in [0.1, 0.15) is 0 Å². The van der Waals surface area contributed by atoms with Gasteiger partial charge in [-0.15, -0.1) is 0 Å². The zero-order valence-electron chi connectivity index (χ0n) is 12.1. The SMILES string of the molecule is C=C1CC/C(=C/C)C[C@H]1CC(C)(C)[Si](C)(C)O. The van der Waals surface area contributed by atoms with Gasteiger partial charge in [-0.05, 0) is 56.7 Å². The first-order chi connectivity index (χ1) is 7.67. The summed E-state index contributed by atoms with van der Waals surface area (Å²) in [5, 5.41) is 0.0663. The molecule has 0 bridgehead atoms. The summed E-state index contributed by atoms with van der Waals surface area (Å²) in [6, 6.07) is 0. The van der Waals surface area contributed by atoms with Crippen molar-refractivity contribution in [2.75, 3.05) is 0 Å². The van der Waals surface area contributed by atoms with Crippen LogP contribution in [0.5, 0.6) is 0 Å². The van der Waals surface area contributed by atoms with Crippen molar-refractivity contribution in [3.63, 3.8) is 0 Å². The summed E-state index contributed by atoms with van der Waals surface area (Å²) < 4.78 is 0. The summed E-state index contributed by atoms with van der Waals surface area (Å²) in [7, 11) is -2.09. The van der Waals surface area contributed by atoms with E-state index in [0.29, 0.717) is 5.92 Å². The molecule has 0 aliphatic heterocycles. The molecule has 0 saturated heterocycles. The Labute approximate surface area is 108 Å². The highest BCUT2D eigenvalue weighted by atomic mass is 28.4. The predicted molar refractivity (Wildman–Crippen MR) is 78.6 cm³/mol. The molecule has 0 amide bonds. The van der Waals surface area contributed by atoms with Crippen molar-refractivity contribution in [2.45, 2.75) is 64.6 Å². The molecule has 1 nitrogen and oxygen atoms in total. The van der Waals surface area contributed by atoms with Gasteiger partial charge in [-0.3, -0.25) is 0 Å². The number of allylic oxidation sites excluding steroid dienone is 3. The lowest BCUT2D eigenvalue weighted by Crippen LogP contribution is -2.40. The van der Waals surface area contributed by atoms with Crippen molar-refractivity contribution >= 4 is 8.32 Å². The standard InChI is InChI=1S/C15H28OSi/c1-7-13-9-8-12(2)14(10-13)11-15(3,4)17(5,6)16/h7,14,16H,2,8-11H2,1,3-6H3/b13-7-/t14-/m0/s1. The molecule has 1 fully saturated rings. The lowest BCUT2D eigenvalue weighted by atomic mass is 9.77. The third-order valence-electron chi connectivity index (χ3n) is 4.67. The molecule has 0 aromatic carbocycles. The van der Waals surface area contributed by atoms with Gasteiger partial charge in [0, 0.05) is 0 Å². The molecule has 1 saturated carbocycles. The van der Waals surface area contributed by atoms with Crippen molar-refractivity contribution in [3.05, 3.63) is 23.8 Å². The van der Waals surface area contributed by atoms with E-state index in [4.69, 9.17) is 0 Å². The maximum atomic E-state index is 10.4. The van der Waals surface area contributed by atoms with Crippen LogP contribution in [0.25, 0.3) is 0 Å². The zero-order chi connectivity index (χ0) is 13.3. The summed E-state index contributed by atoms with van der Waals surface area (Å²) in [6.07, 6.45) is 6.82. The first-order valence-electron chi connectivity index (χ1n) is 6.71. The van der Waals surface area contributed by atoms with E-state index in [1.165, 1.54) is 12.0 Å². The third kappa shape index (κ3) is 3.56. The third-order valence-corrected chi connectivity index (χ3v) is 8.19. The molecule has 0 unspecified atom stereocenters. The monoisotopic (exact) mass is 252 g/mol. The minimum Gasteiger partial charge on any atom is -0.432 e. The van der Waals surface area contributed by atoms with Crippen LogP contribution in [0, 0.1) is 5.92 Å². The largest absolute Gasteiger partial charge is 0.432 e. The average Bonchev–Trinajstić information content (AvgIpc) is 2.19. The van der Waals surface area contributed by atoms with Gasteiger partial charge < -0.3 is 4.80 Å². The van der Waals surface area contributed by atoms with Crippen molar-refractivity contribution < 1.29 is 4.80 Å². The highest BCUT2D eigenvalue weighted by Crippen LogP contribution is 2.46. The molecule has 17 heavy (non-hydrogen) atoms. The first-order valence-corrected chi connectivity index (χ1v) is 9.66. The smallest absolute Gasteiger partial charge is 0.188 e. The minimum atomic E-state index is -2.09. The highest BCUT2D eigenvalue weighted by molar-refractivity contribution is 6.72. The number of rotatable bonds is 3. The average molecular weight is 252 g/mol. The van der Waals surface area contributed by atoms with E-state index >= 15 is 0 Å². The van der Waals surface area contributed by atoms with Crippen LogP contribution in [-0.4, -0.2) is 13.1 Å². The Hall–Kier alpha value is -0.343. The van der Waals surface area contributed by atoms with E-state index in [1.54, 1.807) is 5.57 Å². The molecule has 1 N–H and O–H groups in total. The van der Waals surface area contributed by atoms with Crippen molar-refractivity contribution in [2.24, 2.45) is 5.92 Å². The van der Waals surface area contributed by atoms with E-state index in [0.717, 1.165) is 19.3 Å². The molecular formula is C15H28OSi. The molecule has 1 rings (SSSR count). The molecule has 2 heteroatoms. The Morgan fingerprint density at radius 1 is 1.41 bits per heavy atom. The Bertz CT molecular complexity index is 320. The minimum absolute atomic E-state index is 0.0663. The van der Waals surface area contributed by atoms with Gasteiger partial charge in [0.25, 0.3) is 0 Å². The maximum Gasteiger partial charge on any atom is 0.188 e. The van der Waals surface area contributed by atoms with E-state index in [2.05, 4.69) is 46.5 Å². The van der Waals surface area contributed by atoms with Gasteiger partial charge in [-0.2, -0.15) is 0 Å². The molecule has 0 heterocycles. The van der Waals surface area contributed by atoms with Gasteiger partial charge in [0.2, 0.25) is 0 Å². The molecule has 1 aliphatic rings. The molecule has 1 atom stereocenters. The van der Waals surface area contributed by atoms with Gasteiger partial charge >= 0.3 is 0 Å². The van der Waals surface area contributed by atoms with E-state index in [1.807, 2.05) is 0 Å². The number of hydrogen-bond donors (Lipinski definition) is 1. The van der Waals surface area contributed by atoms with Crippen LogP contribution in [0.1, 0.15) is 46.5 Å². The van der Waals surface area contributed by atoms with Crippen molar-refractivity contribution in [1.29, 1.82) is 0 Å².